The van der Waals surface area contributed by atoms with Gasteiger partial charge in [0.15, 0.2) is 0 Å². The molecular weight excluding hydrogens is 288 g/mol. The van der Waals surface area contributed by atoms with E-state index in [0.717, 1.165) is 31.4 Å². The molecule has 1 aliphatic rings. The van der Waals surface area contributed by atoms with Gasteiger partial charge in [0.1, 0.15) is 11.8 Å². The molecule has 1 aromatic heterocycles. The quantitative estimate of drug-likeness (QED) is 0.617. The second-order valence-electron chi connectivity index (χ2n) is 5.79. The van der Waals surface area contributed by atoms with E-state index in [1.807, 2.05) is 0 Å². The summed E-state index contributed by atoms with van der Waals surface area (Å²) in [6.07, 6.45) is 7.14. The van der Waals surface area contributed by atoms with Gasteiger partial charge in [0.05, 0.1) is 13.3 Å². The fourth-order valence-corrected chi connectivity index (χ4v) is 4.09. The number of aromatic nitrogens is 1. The van der Waals surface area contributed by atoms with Gasteiger partial charge in [-0.2, -0.15) is 0 Å². The van der Waals surface area contributed by atoms with Crippen molar-refractivity contribution in [3.05, 3.63) is 12.5 Å². The van der Waals surface area contributed by atoms with Gasteiger partial charge in [-0.3, -0.25) is 10.1 Å². The second kappa shape index (κ2) is 7.31. The van der Waals surface area contributed by atoms with Crippen LogP contribution in [0.2, 0.25) is 0 Å². The van der Waals surface area contributed by atoms with Crippen molar-refractivity contribution in [1.82, 2.24) is 10.3 Å². The minimum Gasteiger partial charge on any atom is -0.468 e. The maximum absolute atomic E-state index is 12.4. The number of nitrogens with zero attached hydrogens (tertiary/aromatic N) is 1. The molecule has 1 aliphatic carbocycles. The molecular formula is C15H24N2O3S. The molecule has 0 saturated heterocycles. The highest BCUT2D eigenvalue weighted by Crippen LogP contribution is 2.40. The molecule has 1 saturated carbocycles. The van der Waals surface area contributed by atoms with Crippen LogP contribution in [-0.4, -0.2) is 35.4 Å². The van der Waals surface area contributed by atoms with Crippen LogP contribution in [0.5, 0.6) is 0 Å². The fraction of sp³-hybridized carbons (Fsp3) is 0.733. The molecule has 0 aromatic carbocycles. The van der Waals surface area contributed by atoms with Gasteiger partial charge >= 0.3 is 5.97 Å². The standard InChI is InChI=1S/C15H24N2O3S/c1-11(2)17-15(13(18)19-3)7-4-5-12(15)6-10-21-14-16-8-9-20-14/h8-9,11-12,17H,4-7,10H2,1-3H3. The number of oxazole rings is 1. The van der Waals surface area contributed by atoms with E-state index < -0.39 is 5.54 Å². The van der Waals surface area contributed by atoms with E-state index >= 15 is 0 Å². The first-order chi connectivity index (χ1) is 10.1. The van der Waals surface area contributed by atoms with Gasteiger partial charge < -0.3 is 9.15 Å². The van der Waals surface area contributed by atoms with Crippen LogP contribution in [0.1, 0.15) is 39.5 Å². The summed E-state index contributed by atoms with van der Waals surface area (Å²) in [7, 11) is 1.48. The number of thioether (sulfide) groups is 1. The lowest BCUT2D eigenvalue weighted by Gasteiger charge is -2.35. The molecule has 1 N–H and O–H groups in total. The number of esters is 1. The summed E-state index contributed by atoms with van der Waals surface area (Å²) in [6, 6.07) is 0.254. The number of methoxy groups -OCH3 is 1. The monoisotopic (exact) mass is 312 g/mol. The lowest BCUT2D eigenvalue weighted by Crippen LogP contribution is -2.57. The molecule has 2 rings (SSSR count). The summed E-state index contributed by atoms with van der Waals surface area (Å²) >= 11 is 1.60. The van der Waals surface area contributed by atoms with E-state index in [0.29, 0.717) is 11.1 Å². The molecule has 21 heavy (non-hydrogen) atoms. The minimum atomic E-state index is -0.528. The number of carbonyl (C=O) groups is 1. The van der Waals surface area contributed by atoms with Crippen molar-refractivity contribution in [3.8, 4) is 0 Å². The Bertz CT molecular complexity index is 450. The molecule has 2 unspecified atom stereocenters. The van der Waals surface area contributed by atoms with E-state index in [-0.39, 0.29) is 12.0 Å². The zero-order valence-corrected chi connectivity index (χ0v) is 13.7. The summed E-state index contributed by atoms with van der Waals surface area (Å²) in [4.78, 5) is 16.5. The van der Waals surface area contributed by atoms with E-state index in [1.165, 1.54) is 7.11 Å². The third kappa shape index (κ3) is 3.80. The zero-order chi connectivity index (χ0) is 15.3. The normalized spacial score (nSPS) is 25.4. The average Bonchev–Trinajstić information content (AvgIpc) is 3.08. The number of nitrogens with one attached hydrogen (secondary N) is 1. The topological polar surface area (TPSA) is 64.4 Å². The smallest absolute Gasteiger partial charge is 0.326 e. The van der Waals surface area contributed by atoms with E-state index in [1.54, 1.807) is 24.2 Å². The van der Waals surface area contributed by atoms with Crippen molar-refractivity contribution in [2.75, 3.05) is 12.9 Å². The third-order valence-electron chi connectivity index (χ3n) is 4.02. The number of rotatable bonds is 7. The maximum Gasteiger partial charge on any atom is 0.326 e. The number of carbonyl (C=O) groups excluding carboxylic acids is 1. The summed E-state index contributed by atoms with van der Waals surface area (Å²) in [5.74, 6) is 1.07. The highest BCUT2D eigenvalue weighted by atomic mass is 32.2. The number of ether oxygens (including phenoxy) is 1. The van der Waals surface area contributed by atoms with Gasteiger partial charge in [-0.25, -0.2) is 4.98 Å². The molecule has 118 valence electrons. The Hall–Kier alpha value is -1.01. The average molecular weight is 312 g/mol. The first kappa shape index (κ1) is 16.4. The zero-order valence-electron chi connectivity index (χ0n) is 12.9. The largest absolute Gasteiger partial charge is 0.468 e. The van der Waals surface area contributed by atoms with E-state index in [4.69, 9.17) is 9.15 Å². The number of hydrogen-bond donors (Lipinski definition) is 1. The van der Waals surface area contributed by atoms with Crippen LogP contribution in [0.15, 0.2) is 22.1 Å². The Labute approximate surface area is 130 Å². The first-order valence-electron chi connectivity index (χ1n) is 7.47. The predicted molar refractivity (Wildman–Crippen MR) is 82.2 cm³/mol. The highest BCUT2D eigenvalue weighted by molar-refractivity contribution is 7.99. The molecule has 0 bridgehead atoms. The Kier molecular flexibility index (Phi) is 5.70. The van der Waals surface area contributed by atoms with Gasteiger partial charge in [-0.15, -0.1) is 0 Å². The second-order valence-corrected chi connectivity index (χ2v) is 6.83. The van der Waals surface area contributed by atoms with E-state index in [9.17, 15) is 4.79 Å². The van der Waals surface area contributed by atoms with Gasteiger partial charge in [0, 0.05) is 11.8 Å². The molecule has 0 spiro atoms. The summed E-state index contributed by atoms with van der Waals surface area (Å²) < 4.78 is 10.3. The fourth-order valence-electron chi connectivity index (χ4n) is 3.25. The van der Waals surface area contributed by atoms with Crippen LogP contribution < -0.4 is 5.32 Å². The predicted octanol–water partition coefficient (Wildman–Crippen LogP) is 2.87. The molecule has 0 radical (unpaired) electrons. The molecule has 1 heterocycles. The van der Waals surface area contributed by atoms with Crippen LogP contribution in [0.4, 0.5) is 0 Å². The Morgan fingerprint density at radius 2 is 2.48 bits per heavy atom. The Morgan fingerprint density at radius 1 is 1.67 bits per heavy atom. The molecule has 0 amide bonds. The molecule has 1 aromatic rings. The van der Waals surface area contributed by atoms with Gasteiger partial charge in [0.2, 0.25) is 0 Å². The van der Waals surface area contributed by atoms with Crippen LogP contribution in [0, 0.1) is 5.92 Å². The van der Waals surface area contributed by atoms with Crippen molar-refractivity contribution >= 4 is 17.7 Å². The Morgan fingerprint density at radius 3 is 3.10 bits per heavy atom. The SMILES string of the molecule is COC(=O)C1(NC(C)C)CCCC1CCSc1ncco1. The molecule has 1 fully saturated rings. The highest BCUT2D eigenvalue weighted by Gasteiger charge is 2.49. The molecule has 5 nitrogen and oxygen atoms in total. The van der Waals surface area contributed by atoms with Gasteiger partial charge in [-0.1, -0.05) is 18.2 Å². The maximum atomic E-state index is 12.4. The van der Waals surface area contributed by atoms with Crippen LogP contribution in [0.25, 0.3) is 0 Å². The van der Waals surface area contributed by atoms with Crippen molar-refractivity contribution in [3.63, 3.8) is 0 Å². The van der Waals surface area contributed by atoms with E-state index in [2.05, 4.69) is 24.1 Å². The molecule has 0 aliphatic heterocycles. The summed E-state index contributed by atoms with van der Waals surface area (Å²) in [5.41, 5.74) is -0.528. The summed E-state index contributed by atoms with van der Waals surface area (Å²) in [5, 5.41) is 4.17. The lowest BCUT2D eigenvalue weighted by atomic mass is 9.84. The summed E-state index contributed by atoms with van der Waals surface area (Å²) in [6.45, 7) is 4.14. The third-order valence-corrected chi connectivity index (χ3v) is 4.91. The first-order valence-corrected chi connectivity index (χ1v) is 8.45. The molecule has 2 atom stereocenters. The van der Waals surface area contributed by atoms with Crippen molar-refractivity contribution in [1.29, 1.82) is 0 Å². The minimum absolute atomic E-state index is 0.125. The van der Waals surface area contributed by atoms with Crippen LogP contribution in [0.3, 0.4) is 0 Å². The van der Waals surface area contributed by atoms with Crippen LogP contribution in [-0.2, 0) is 9.53 Å². The van der Waals surface area contributed by atoms with Crippen molar-refractivity contribution in [2.24, 2.45) is 5.92 Å². The molecule has 6 heteroatoms. The van der Waals surface area contributed by atoms with Crippen LogP contribution >= 0.6 is 11.8 Å². The number of hydrogen-bond acceptors (Lipinski definition) is 6. The van der Waals surface area contributed by atoms with Crippen molar-refractivity contribution in [2.45, 2.75) is 56.3 Å². The van der Waals surface area contributed by atoms with Gasteiger partial charge in [0.25, 0.3) is 5.22 Å². The Balaban J connectivity index is 1.99. The lowest BCUT2D eigenvalue weighted by molar-refractivity contribution is -0.150. The van der Waals surface area contributed by atoms with Gasteiger partial charge in [-0.05, 0) is 39.0 Å². The van der Waals surface area contributed by atoms with Crippen molar-refractivity contribution < 1.29 is 13.9 Å².